The maximum Gasteiger partial charge on any atom is 0.311 e. The van der Waals surface area contributed by atoms with Crippen LogP contribution >= 0.6 is 11.8 Å². The monoisotopic (exact) mass is 1260 g/mol. The summed E-state index contributed by atoms with van der Waals surface area (Å²) in [6, 6.07) is 0. The smallest absolute Gasteiger partial charge is 0.311 e. The first-order chi connectivity index (χ1) is 41.7. The molecule has 11 N–H and O–H groups in total. The fourth-order valence-electron chi connectivity index (χ4n) is 11.8. The number of fused-ring (bicyclic) bond motifs is 2. The number of hydrogen-bond donors (Lipinski definition) is 11. The van der Waals surface area contributed by atoms with Gasteiger partial charge in [0.25, 0.3) is 0 Å². The molecule has 0 aromatic rings. The highest BCUT2D eigenvalue weighted by atomic mass is 32.2. The molecule has 3 saturated heterocycles. The van der Waals surface area contributed by atoms with E-state index in [4.69, 9.17) is 28.4 Å². The molecule has 2 bridgehead atoms. The van der Waals surface area contributed by atoms with Gasteiger partial charge in [0.1, 0.15) is 12.2 Å². The molecule has 0 spiro atoms. The lowest BCUT2D eigenvalue weighted by atomic mass is 9.82. The van der Waals surface area contributed by atoms with Crippen molar-refractivity contribution in [3.8, 4) is 0 Å². The number of likely N-dealkylation sites (tertiary alicyclic amines) is 1. The van der Waals surface area contributed by atoms with Gasteiger partial charge >= 0.3 is 17.9 Å². The number of thioether (sulfide) groups is 1. The second kappa shape index (κ2) is 36.2. The Kier molecular flexibility index (Phi) is 30.4. The van der Waals surface area contributed by atoms with Gasteiger partial charge in [-0.25, -0.2) is 0 Å². The molecule has 5 aliphatic rings. The highest BCUT2D eigenvalue weighted by Crippen LogP contribution is 2.41. The summed E-state index contributed by atoms with van der Waals surface area (Å²) in [6.45, 7) is 9.87. The third kappa shape index (κ3) is 23.1. The van der Waals surface area contributed by atoms with Gasteiger partial charge in [0.15, 0.2) is 12.1 Å². The van der Waals surface area contributed by atoms with Crippen molar-refractivity contribution in [3.05, 3.63) is 97.4 Å². The third-order valence-corrected chi connectivity index (χ3v) is 18.1. The van der Waals surface area contributed by atoms with Gasteiger partial charge in [-0.15, -0.1) is 0 Å². The van der Waals surface area contributed by atoms with E-state index in [1.165, 1.54) is 29.7 Å². The molecule has 20 atom stereocenters. The number of ether oxygens (including phenoxy) is 6. The quantitative estimate of drug-likeness (QED) is 0.0608. The number of carbonyl (C=O) groups is 5. The molecule has 4 heterocycles. The number of hydrogen-bond acceptors (Lipinski definition) is 23. The number of nitrogens with zero attached hydrogens (tertiary/aromatic N) is 1. The van der Waals surface area contributed by atoms with Crippen molar-refractivity contribution < 1.29 is 109 Å². The second-order valence-electron chi connectivity index (χ2n) is 24.1. The van der Waals surface area contributed by atoms with E-state index in [2.05, 4.69) is 6.58 Å². The van der Waals surface area contributed by atoms with Crippen LogP contribution in [0.15, 0.2) is 97.4 Å². The Morgan fingerprint density at radius 2 is 1.30 bits per heavy atom. The number of aliphatic hydroxyl groups excluding tert-OH is 10. The minimum absolute atomic E-state index is 0.0362. The van der Waals surface area contributed by atoms with Crippen LogP contribution in [0.1, 0.15) is 118 Å². The van der Waals surface area contributed by atoms with Gasteiger partial charge in [-0.1, -0.05) is 105 Å². The van der Waals surface area contributed by atoms with Gasteiger partial charge in [0.2, 0.25) is 18.6 Å². The summed E-state index contributed by atoms with van der Waals surface area (Å²) in [5, 5.41) is 122. The lowest BCUT2D eigenvalue weighted by Gasteiger charge is -2.46. The van der Waals surface area contributed by atoms with E-state index in [1.54, 1.807) is 93.0 Å². The molecule has 0 aromatic heterocycles. The average Bonchev–Trinajstić information content (AvgIpc) is 2.00. The van der Waals surface area contributed by atoms with Crippen LogP contribution in [0.4, 0.5) is 0 Å². The first kappa shape index (κ1) is 73.8. The zero-order chi connectivity index (χ0) is 64.8. The van der Waals surface area contributed by atoms with Crippen molar-refractivity contribution in [2.45, 2.75) is 214 Å². The largest absolute Gasteiger partial charge is 0.512 e. The summed E-state index contributed by atoms with van der Waals surface area (Å²) >= 11 is 1.34. The molecule has 0 radical (unpaired) electrons. The molecule has 88 heavy (non-hydrogen) atoms. The van der Waals surface area contributed by atoms with Crippen LogP contribution in [-0.4, -0.2) is 207 Å². The molecule has 1 unspecified atom stereocenters. The van der Waals surface area contributed by atoms with E-state index in [9.17, 15) is 80.1 Å². The number of cyclic esters (lactones) is 1. The number of allylic oxidation sites excluding steroid dienone is 12. The van der Waals surface area contributed by atoms with E-state index < -0.39 is 178 Å². The Balaban J connectivity index is 1.28. The average molecular weight is 1260 g/mol. The fraction of sp³-hybridized carbons (Fsp3) is 0.672. The zero-order valence-corrected chi connectivity index (χ0v) is 51.8. The maximum atomic E-state index is 13.3. The number of amides is 2. The molecule has 4 aliphatic heterocycles. The molecule has 24 heteroatoms. The van der Waals surface area contributed by atoms with Crippen molar-refractivity contribution in [2.75, 3.05) is 19.6 Å². The molecular weight excluding hydrogens is 1170 g/mol. The van der Waals surface area contributed by atoms with E-state index in [0.717, 1.165) is 0 Å². The predicted octanol–water partition coefficient (Wildman–Crippen LogP) is 3.72. The standard InChI is InChI=1S/C64H95NO22S/c1-37-19-17-15-13-11-9-7-8-10-12-14-16-18-20-47(86-63-60(78)48(59(77)41(5)85-63)31-55(74)82-36-83-62(80)43-23-21-42(22-24-43)35-65-54(73)32-53(88-6)61(65)79)30-52-57(39(3)66)51(72)34-64(81,87-52)33-46(69)28-50(71)49(70)26-25-44(67)27-45(68)29-56(75)84-40(4)38(2)58(37)76/h7-20,37-38,40-53,57-60,63,66-72,76-78,81H,3,21-36H2,1-2,4-6H3/b8-7+,11-9+,12-10+,15-13+,16-14+,19-17+,20-18+/t37-,38-,40-,41+,42?,43?,44+,45+,46-,47-,48-,49+,50+,51-,52-,53?,57+,58+,59+,60-,63-,64+/m0/s1. The Bertz CT molecular complexity index is 2470. The van der Waals surface area contributed by atoms with Gasteiger partial charge in [0.05, 0.1) is 103 Å². The summed E-state index contributed by atoms with van der Waals surface area (Å²) in [5.74, 6) is -9.22. The lowest BCUT2D eigenvalue weighted by Crippen LogP contribution is -2.56. The predicted molar refractivity (Wildman–Crippen MR) is 322 cm³/mol. The van der Waals surface area contributed by atoms with Gasteiger partial charge in [-0.3, -0.25) is 28.9 Å². The van der Waals surface area contributed by atoms with Crippen LogP contribution in [0, 0.1) is 35.5 Å². The zero-order valence-electron chi connectivity index (χ0n) is 51.0. The number of aliphatic hydroxyl groups is 11. The van der Waals surface area contributed by atoms with Crippen LogP contribution in [0.25, 0.3) is 0 Å². The molecule has 2 amide bonds. The summed E-state index contributed by atoms with van der Waals surface area (Å²) < 4.78 is 34.5. The molecule has 4 fully saturated rings. The second-order valence-corrected chi connectivity index (χ2v) is 25.1. The maximum absolute atomic E-state index is 13.3. The summed E-state index contributed by atoms with van der Waals surface area (Å²) in [4.78, 5) is 65.4. The lowest BCUT2D eigenvalue weighted by molar-refractivity contribution is -0.312. The molecule has 1 aliphatic carbocycles. The van der Waals surface area contributed by atoms with Gasteiger partial charge in [0, 0.05) is 56.4 Å². The van der Waals surface area contributed by atoms with Crippen LogP contribution < -0.4 is 0 Å². The Morgan fingerprint density at radius 3 is 1.90 bits per heavy atom. The van der Waals surface area contributed by atoms with Crippen molar-refractivity contribution >= 4 is 41.5 Å². The third-order valence-electron chi connectivity index (χ3n) is 17.1. The van der Waals surface area contributed by atoms with Gasteiger partial charge < -0.3 is 84.6 Å². The SMILES string of the molecule is C=C(O)[C@H]1[C@@H]2C[C@@H](O[C@@H]3O[C@H](C)[C@@H](O)[C@H](CC(=O)OCOC(=O)C4CCC(CN5C(=O)CC(SC)C5=O)CC4)[C@@H]3O)/C=C/C=C/C=C/C=C/C=C/C=C/C=C/[C@H](C)[C@@H](O)[C@@H](C)[C@H](C)OC(=O)C[C@H](O)C[C@H](O)CC[C@@H](O)[C@H](O)C[C@H](O)C[C@](O)(C[C@@H]1O)O2. The van der Waals surface area contributed by atoms with Gasteiger partial charge in [-0.2, -0.15) is 11.8 Å². The number of esters is 3. The molecule has 1 saturated carbocycles. The highest BCUT2D eigenvalue weighted by molar-refractivity contribution is 8.00. The van der Waals surface area contributed by atoms with Crippen LogP contribution in [0.2, 0.25) is 0 Å². The number of rotatable bonds is 11. The normalized spacial score (nSPS) is 41.1. The van der Waals surface area contributed by atoms with Gasteiger partial charge in [-0.05, 0) is 71.0 Å². The van der Waals surface area contributed by atoms with E-state index in [1.807, 2.05) is 13.0 Å². The number of imide groups is 1. The van der Waals surface area contributed by atoms with E-state index >= 15 is 0 Å². The molecule has 23 nitrogen and oxygen atoms in total. The molecule has 494 valence electrons. The Hall–Kier alpha value is -4.90. The summed E-state index contributed by atoms with van der Waals surface area (Å²) in [5.41, 5.74) is 0. The highest BCUT2D eigenvalue weighted by Gasteiger charge is 2.50. The van der Waals surface area contributed by atoms with E-state index in [0.29, 0.717) is 32.2 Å². The van der Waals surface area contributed by atoms with Crippen molar-refractivity contribution in [1.82, 2.24) is 4.90 Å². The Labute approximate surface area is 519 Å². The minimum atomic E-state index is -2.32. The molecular formula is C64H95NO22S. The van der Waals surface area contributed by atoms with Crippen LogP contribution in [-0.2, 0) is 52.4 Å². The first-order valence-corrected chi connectivity index (χ1v) is 31.8. The van der Waals surface area contributed by atoms with Crippen LogP contribution in [0.5, 0.6) is 0 Å². The summed E-state index contributed by atoms with van der Waals surface area (Å²) in [6.07, 6.45) is 6.23. The van der Waals surface area contributed by atoms with Crippen molar-refractivity contribution in [2.24, 2.45) is 35.5 Å². The number of carbonyl (C=O) groups excluding carboxylic acids is 5. The van der Waals surface area contributed by atoms with E-state index in [-0.39, 0.29) is 61.0 Å². The van der Waals surface area contributed by atoms with Crippen molar-refractivity contribution in [3.63, 3.8) is 0 Å². The molecule has 0 aromatic carbocycles. The summed E-state index contributed by atoms with van der Waals surface area (Å²) in [7, 11) is 0. The van der Waals surface area contributed by atoms with Crippen molar-refractivity contribution in [1.29, 1.82) is 0 Å². The minimum Gasteiger partial charge on any atom is -0.512 e. The molecule has 5 rings (SSSR count). The topological polar surface area (TPSA) is 367 Å². The first-order valence-electron chi connectivity index (χ1n) is 30.5. The van der Waals surface area contributed by atoms with Crippen LogP contribution in [0.3, 0.4) is 0 Å². The fourth-order valence-corrected chi connectivity index (χ4v) is 12.4. The Morgan fingerprint density at radius 1 is 0.682 bits per heavy atom.